The van der Waals surface area contributed by atoms with Gasteiger partial charge in [0, 0.05) is 44.3 Å². The number of rotatable bonds is 3. The van der Waals surface area contributed by atoms with Crippen LogP contribution in [0.15, 0.2) is 0 Å². The molecule has 2 N–H and O–H groups in total. The third-order valence-electron chi connectivity index (χ3n) is 4.74. The van der Waals surface area contributed by atoms with Crippen LogP contribution in [0, 0.1) is 11.8 Å². The fraction of sp³-hybridized carbons (Fsp3) is 1.00. The molecule has 0 radical (unpaired) electrons. The molecule has 2 unspecified atom stereocenters. The molecular weight excluding hydrogens is 186 g/mol. The molecule has 0 bridgehead atoms. The molecule has 1 saturated carbocycles. The van der Waals surface area contributed by atoms with Crippen molar-refractivity contribution < 1.29 is 0 Å². The summed E-state index contributed by atoms with van der Waals surface area (Å²) in [7, 11) is 0. The van der Waals surface area contributed by atoms with E-state index in [2.05, 4.69) is 23.6 Å². The summed E-state index contributed by atoms with van der Waals surface area (Å²) in [6.45, 7) is 10.5. The van der Waals surface area contributed by atoms with Gasteiger partial charge in [0.2, 0.25) is 0 Å². The molecule has 3 rings (SSSR count). The average molecular weight is 209 g/mol. The van der Waals surface area contributed by atoms with Gasteiger partial charge in [0.15, 0.2) is 0 Å². The van der Waals surface area contributed by atoms with Gasteiger partial charge in [-0.2, -0.15) is 0 Å². The lowest BCUT2D eigenvalue weighted by molar-refractivity contribution is -0.0213. The highest BCUT2D eigenvalue weighted by atomic mass is 15.4. The minimum Gasteiger partial charge on any atom is -0.329 e. The molecule has 0 aromatic carbocycles. The van der Waals surface area contributed by atoms with Crippen molar-refractivity contribution in [1.82, 2.24) is 9.80 Å². The van der Waals surface area contributed by atoms with Gasteiger partial charge >= 0.3 is 0 Å². The second-order valence-electron chi connectivity index (χ2n) is 6.29. The largest absolute Gasteiger partial charge is 0.329 e. The quantitative estimate of drug-likeness (QED) is 0.728. The number of nitrogens with two attached hydrogens (primary N) is 1. The molecule has 0 amide bonds. The molecule has 3 aliphatic rings. The molecule has 3 fully saturated rings. The standard InChI is InChI=1S/C12H23N3/c1-12(2,8-13)15-6-11(7-15)14-4-9-3-10(9)5-14/h9-11H,3-8,13H2,1-2H3. The van der Waals surface area contributed by atoms with E-state index in [1.165, 1.54) is 32.6 Å². The van der Waals surface area contributed by atoms with Crippen molar-refractivity contribution in [2.45, 2.75) is 31.8 Å². The normalized spacial score (nSPS) is 37.8. The summed E-state index contributed by atoms with van der Waals surface area (Å²) in [6.07, 6.45) is 1.52. The first kappa shape index (κ1) is 10.1. The van der Waals surface area contributed by atoms with Crippen LogP contribution >= 0.6 is 0 Å². The van der Waals surface area contributed by atoms with E-state index in [1.54, 1.807) is 0 Å². The van der Waals surface area contributed by atoms with Crippen LogP contribution in [0.2, 0.25) is 0 Å². The maximum atomic E-state index is 5.79. The van der Waals surface area contributed by atoms with Crippen LogP contribution in [0.3, 0.4) is 0 Å². The molecule has 1 aliphatic carbocycles. The molecule has 2 heterocycles. The molecule has 2 aliphatic heterocycles. The van der Waals surface area contributed by atoms with Crippen LogP contribution in [0.4, 0.5) is 0 Å². The van der Waals surface area contributed by atoms with Crippen molar-refractivity contribution in [3.05, 3.63) is 0 Å². The molecule has 3 heteroatoms. The third kappa shape index (κ3) is 1.61. The third-order valence-corrected chi connectivity index (χ3v) is 4.74. The lowest BCUT2D eigenvalue weighted by Crippen LogP contribution is -2.66. The molecule has 0 aromatic rings. The number of fused-ring (bicyclic) bond motifs is 1. The monoisotopic (exact) mass is 209 g/mol. The minimum absolute atomic E-state index is 0.207. The molecular formula is C12H23N3. The Balaban J connectivity index is 1.49. The second kappa shape index (κ2) is 3.19. The van der Waals surface area contributed by atoms with Gasteiger partial charge in [0.25, 0.3) is 0 Å². The van der Waals surface area contributed by atoms with Gasteiger partial charge in [0.05, 0.1) is 0 Å². The number of hydrogen-bond donors (Lipinski definition) is 1. The van der Waals surface area contributed by atoms with Crippen LogP contribution in [-0.2, 0) is 0 Å². The summed E-state index contributed by atoms with van der Waals surface area (Å²) >= 11 is 0. The summed E-state index contributed by atoms with van der Waals surface area (Å²) in [5.41, 5.74) is 6.00. The minimum atomic E-state index is 0.207. The van der Waals surface area contributed by atoms with Crippen molar-refractivity contribution in [3.63, 3.8) is 0 Å². The Morgan fingerprint density at radius 2 is 1.73 bits per heavy atom. The lowest BCUT2D eigenvalue weighted by atomic mass is 9.95. The molecule has 3 nitrogen and oxygen atoms in total. The van der Waals surface area contributed by atoms with Gasteiger partial charge in [-0.05, 0) is 32.1 Å². The maximum Gasteiger partial charge on any atom is 0.0351 e. The lowest BCUT2D eigenvalue weighted by Gasteiger charge is -2.51. The van der Waals surface area contributed by atoms with Crippen LogP contribution in [0.1, 0.15) is 20.3 Å². The fourth-order valence-electron chi connectivity index (χ4n) is 3.04. The van der Waals surface area contributed by atoms with E-state index in [1.807, 2.05) is 0 Å². The van der Waals surface area contributed by atoms with Gasteiger partial charge in [-0.25, -0.2) is 0 Å². The van der Waals surface area contributed by atoms with E-state index in [4.69, 9.17) is 5.73 Å². The smallest absolute Gasteiger partial charge is 0.0351 e. The van der Waals surface area contributed by atoms with E-state index in [-0.39, 0.29) is 5.54 Å². The van der Waals surface area contributed by atoms with Gasteiger partial charge in [-0.1, -0.05) is 0 Å². The fourth-order valence-corrected chi connectivity index (χ4v) is 3.04. The molecule has 2 atom stereocenters. The Bertz CT molecular complexity index is 248. The molecule has 0 spiro atoms. The van der Waals surface area contributed by atoms with E-state index < -0.39 is 0 Å². The SMILES string of the molecule is CC(C)(CN)N1CC(N2CC3CC3C2)C1. The predicted octanol–water partition coefficient (Wildman–Crippen LogP) is 0.360. The van der Waals surface area contributed by atoms with E-state index in [9.17, 15) is 0 Å². The van der Waals surface area contributed by atoms with E-state index >= 15 is 0 Å². The Morgan fingerprint density at radius 1 is 1.13 bits per heavy atom. The number of piperidine rings is 1. The van der Waals surface area contributed by atoms with Crippen molar-refractivity contribution in [3.8, 4) is 0 Å². The van der Waals surface area contributed by atoms with Crippen molar-refractivity contribution in [2.75, 3.05) is 32.7 Å². The first-order valence-corrected chi connectivity index (χ1v) is 6.29. The zero-order chi connectivity index (χ0) is 10.6. The van der Waals surface area contributed by atoms with Crippen LogP contribution in [0.25, 0.3) is 0 Å². The topological polar surface area (TPSA) is 32.5 Å². The summed E-state index contributed by atoms with van der Waals surface area (Å²) in [6, 6.07) is 0.837. The Morgan fingerprint density at radius 3 is 2.27 bits per heavy atom. The van der Waals surface area contributed by atoms with Crippen LogP contribution in [0.5, 0.6) is 0 Å². The van der Waals surface area contributed by atoms with Crippen molar-refractivity contribution >= 4 is 0 Å². The highest BCUT2D eigenvalue weighted by Gasteiger charge is 2.49. The number of hydrogen-bond acceptors (Lipinski definition) is 3. The van der Waals surface area contributed by atoms with Gasteiger partial charge in [-0.3, -0.25) is 9.80 Å². The zero-order valence-corrected chi connectivity index (χ0v) is 9.95. The summed E-state index contributed by atoms with van der Waals surface area (Å²) in [5.74, 6) is 2.14. The van der Waals surface area contributed by atoms with Gasteiger partial charge in [-0.15, -0.1) is 0 Å². The Kier molecular flexibility index (Phi) is 2.14. The predicted molar refractivity (Wildman–Crippen MR) is 61.7 cm³/mol. The van der Waals surface area contributed by atoms with Crippen molar-refractivity contribution in [1.29, 1.82) is 0 Å². The molecule has 15 heavy (non-hydrogen) atoms. The van der Waals surface area contributed by atoms with Crippen LogP contribution < -0.4 is 5.73 Å². The molecule has 86 valence electrons. The van der Waals surface area contributed by atoms with Gasteiger partial charge in [0.1, 0.15) is 0 Å². The molecule has 2 saturated heterocycles. The highest BCUT2D eigenvalue weighted by Crippen LogP contribution is 2.46. The van der Waals surface area contributed by atoms with E-state index in [0.717, 1.165) is 24.4 Å². The first-order valence-electron chi connectivity index (χ1n) is 6.29. The average Bonchev–Trinajstić information content (AvgIpc) is 2.71. The Labute approximate surface area is 92.6 Å². The van der Waals surface area contributed by atoms with Crippen LogP contribution in [-0.4, -0.2) is 54.1 Å². The summed E-state index contributed by atoms with van der Waals surface area (Å²) in [4.78, 5) is 5.24. The zero-order valence-electron chi connectivity index (χ0n) is 9.95. The van der Waals surface area contributed by atoms with Crippen molar-refractivity contribution in [2.24, 2.45) is 17.6 Å². The first-order chi connectivity index (χ1) is 7.10. The number of nitrogens with zero attached hydrogens (tertiary/aromatic N) is 2. The van der Waals surface area contributed by atoms with E-state index in [0.29, 0.717) is 0 Å². The summed E-state index contributed by atoms with van der Waals surface area (Å²) in [5, 5.41) is 0. The molecule has 0 aromatic heterocycles. The maximum absolute atomic E-state index is 5.79. The van der Waals surface area contributed by atoms with Gasteiger partial charge < -0.3 is 5.73 Å². The summed E-state index contributed by atoms with van der Waals surface area (Å²) < 4.78 is 0. The second-order valence-corrected chi connectivity index (χ2v) is 6.29. The number of likely N-dealkylation sites (tertiary alicyclic amines) is 2. The highest BCUT2D eigenvalue weighted by molar-refractivity contribution is 5.04. The Hall–Kier alpha value is -0.120.